The van der Waals surface area contributed by atoms with Gasteiger partial charge >= 0.3 is 6.03 Å². The number of nitrogens with zero attached hydrogens (tertiary/aromatic N) is 5. The van der Waals surface area contributed by atoms with Crippen molar-refractivity contribution in [1.29, 1.82) is 0 Å². The number of aliphatic hydroxyl groups excluding tert-OH is 2. The van der Waals surface area contributed by atoms with Gasteiger partial charge in [-0.1, -0.05) is 11.6 Å². The highest BCUT2D eigenvalue weighted by atomic mass is 35.5. The Labute approximate surface area is 247 Å². The Bertz CT molecular complexity index is 1440. The smallest absolute Gasteiger partial charge is 0.321 e. The molecule has 6 N–H and O–H groups in total. The zero-order valence-electron chi connectivity index (χ0n) is 23.0. The molecule has 1 saturated carbocycles. The molecule has 1 aromatic carbocycles. The predicted molar refractivity (Wildman–Crippen MR) is 155 cm³/mol. The van der Waals surface area contributed by atoms with Crippen LogP contribution in [0.15, 0.2) is 30.6 Å². The van der Waals surface area contributed by atoms with Gasteiger partial charge in [-0.15, -0.1) is 0 Å². The molecular formula is C28H35ClN8O5. The molecule has 2 aliphatic heterocycles. The third-order valence-corrected chi connectivity index (χ3v) is 8.45. The van der Waals surface area contributed by atoms with Gasteiger partial charge in [-0.3, -0.25) is 9.36 Å². The highest BCUT2D eigenvalue weighted by Crippen LogP contribution is 2.33. The van der Waals surface area contributed by atoms with Gasteiger partial charge in [0, 0.05) is 36.3 Å². The van der Waals surface area contributed by atoms with Gasteiger partial charge in [0.2, 0.25) is 0 Å². The van der Waals surface area contributed by atoms with Crippen molar-refractivity contribution in [2.24, 2.45) is 5.92 Å². The van der Waals surface area contributed by atoms with E-state index in [1.807, 2.05) is 4.90 Å². The third-order valence-electron chi connectivity index (χ3n) is 8.20. The van der Waals surface area contributed by atoms with E-state index in [4.69, 9.17) is 22.1 Å². The first-order valence-corrected chi connectivity index (χ1v) is 14.8. The van der Waals surface area contributed by atoms with Crippen LogP contribution in [0.25, 0.3) is 11.2 Å². The molecule has 14 heteroatoms. The SMILES string of the molecule is Nc1nc(CCCC2CCN(C(=O)Nc3ccc(Cl)cc3)CC2)nc2c1ncn2[C@@H]1O[C@H](C(=O)NC2CC2)C(O)[C@@H]1O. The number of fused-ring (bicyclic) bond motifs is 1. The minimum atomic E-state index is -1.39. The zero-order valence-corrected chi connectivity index (χ0v) is 23.8. The lowest BCUT2D eigenvalue weighted by Crippen LogP contribution is -2.43. The van der Waals surface area contributed by atoms with Crippen molar-refractivity contribution in [3.8, 4) is 0 Å². The summed E-state index contributed by atoms with van der Waals surface area (Å²) < 4.78 is 7.30. The molecule has 3 amide bonds. The molecule has 0 bridgehead atoms. The molecular weight excluding hydrogens is 564 g/mol. The van der Waals surface area contributed by atoms with Gasteiger partial charge in [0.25, 0.3) is 5.91 Å². The summed E-state index contributed by atoms with van der Waals surface area (Å²) in [6.07, 6.45) is 2.45. The van der Waals surface area contributed by atoms with Crippen molar-refractivity contribution in [1.82, 2.24) is 29.7 Å². The third kappa shape index (κ3) is 6.14. The average molecular weight is 599 g/mol. The number of nitrogen functional groups attached to an aromatic ring is 1. The lowest BCUT2D eigenvalue weighted by Gasteiger charge is -2.32. The Morgan fingerprint density at radius 1 is 1.07 bits per heavy atom. The fourth-order valence-electron chi connectivity index (χ4n) is 5.61. The first-order valence-electron chi connectivity index (χ1n) is 14.4. The molecule has 0 radical (unpaired) electrons. The van der Waals surface area contributed by atoms with E-state index in [-0.39, 0.29) is 17.9 Å². The second-order valence-electron chi connectivity index (χ2n) is 11.3. The summed E-state index contributed by atoms with van der Waals surface area (Å²) >= 11 is 5.92. The van der Waals surface area contributed by atoms with Gasteiger partial charge in [-0.25, -0.2) is 19.7 Å². The molecule has 4 heterocycles. The largest absolute Gasteiger partial charge is 0.387 e. The minimum absolute atomic E-state index is 0.0980. The first-order chi connectivity index (χ1) is 20.3. The number of aryl methyl sites for hydroxylation is 1. The molecule has 42 heavy (non-hydrogen) atoms. The Kier molecular flexibility index (Phi) is 8.17. The van der Waals surface area contributed by atoms with E-state index in [1.54, 1.807) is 24.3 Å². The molecule has 3 fully saturated rings. The number of halogens is 1. The predicted octanol–water partition coefficient (Wildman–Crippen LogP) is 2.23. The van der Waals surface area contributed by atoms with Gasteiger partial charge < -0.3 is 36.2 Å². The van der Waals surface area contributed by atoms with Crippen LogP contribution in [-0.2, 0) is 16.0 Å². The number of amides is 3. The van der Waals surface area contributed by atoms with E-state index >= 15 is 0 Å². The highest BCUT2D eigenvalue weighted by molar-refractivity contribution is 6.30. The summed E-state index contributed by atoms with van der Waals surface area (Å²) in [6.45, 7) is 1.38. The molecule has 2 aromatic heterocycles. The number of hydrogen-bond donors (Lipinski definition) is 5. The molecule has 3 aromatic rings. The molecule has 13 nitrogen and oxygen atoms in total. The number of rotatable bonds is 8. The normalized spacial score (nSPS) is 24.7. The number of aromatic nitrogens is 4. The number of anilines is 2. The van der Waals surface area contributed by atoms with E-state index in [2.05, 4.69) is 25.6 Å². The van der Waals surface area contributed by atoms with Crippen molar-refractivity contribution in [3.05, 3.63) is 41.4 Å². The average Bonchev–Trinajstić information content (AvgIpc) is 3.61. The number of nitrogens with two attached hydrogens (primary N) is 1. The lowest BCUT2D eigenvalue weighted by atomic mass is 9.91. The van der Waals surface area contributed by atoms with Gasteiger partial charge in [-0.05, 0) is 68.7 Å². The summed E-state index contributed by atoms with van der Waals surface area (Å²) in [5.41, 5.74) is 7.64. The first kappa shape index (κ1) is 28.6. The van der Waals surface area contributed by atoms with E-state index in [0.29, 0.717) is 53.1 Å². The van der Waals surface area contributed by atoms with Crippen LogP contribution in [-0.4, -0.2) is 84.0 Å². The second-order valence-corrected chi connectivity index (χ2v) is 11.8. The number of carbonyl (C=O) groups excluding carboxylic acids is 2. The van der Waals surface area contributed by atoms with Crippen molar-refractivity contribution in [2.75, 3.05) is 24.1 Å². The number of carbonyl (C=O) groups is 2. The molecule has 4 atom stereocenters. The fourth-order valence-corrected chi connectivity index (χ4v) is 5.74. The number of benzene rings is 1. The molecule has 224 valence electrons. The monoisotopic (exact) mass is 598 g/mol. The topological polar surface area (TPSA) is 181 Å². The molecule has 0 spiro atoms. The van der Waals surface area contributed by atoms with Crippen LogP contribution >= 0.6 is 11.6 Å². The van der Waals surface area contributed by atoms with Crippen molar-refractivity contribution < 1.29 is 24.5 Å². The summed E-state index contributed by atoms with van der Waals surface area (Å²) in [4.78, 5) is 40.4. The number of aliphatic hydroxyl groups is 2. The van der Waals surface area contributed by atoms with Crippen molar-refractivity contribution >= 4 is 46.2 Å². The van der Waals surface area contributed by atoms with Crippen molar-refractivity contribution in [2.45, 2.75) is 75.5 Å². The van der Waals surface area contributed by atoms with E-state index in [0.717, 1.165) is 38.5 Å². The summed E-state index contributed by atoms with van der Waals surface area (Å²) in [5, 5.41) is 27.6. The number of imidazole rings is 1. The Morgan fingerprint density at radius 3 is 2.52 bits per heavy atom. The van der Waals surface area contributed by atoms with Crippen LogP contribution in [0.3, 0.4) is 0 Å². The van der Waals surface area contributed by atoms with E-state index in [9.17, 15) is 19.8 Å². The summed E-state index contributed by atoms with van der Waals surface area (Å²) in [7, 11) is 0. The molecule has 1 unspecified atom stereocenters. The van der Waals surface area contributed by atoms with Crippen LogP contribution < -0.4 is 16.4 Å². The molecule has 6 rings (SSSR count). The quantitative estimate of drug-likeness (QED) is 0.260. The Morgan fingerprint density at radius 2 is 1.81 bits per heavy atom. The number of hydrogen-bond acceptors (Lipinski definition) is 9. The Balaban J connectivity index is 1.03. The van der Waals surface area contributed by atoms with Gasteiger partial charge in [0.1, 0.15) is 23.5 Å². The van der Waals surface area contributed by atoms with Crippen LogP contribution in [0.1, 0.15) is 50.6 Å². The Hall–Kier alpha value is -3.52. The maximum Gasteiger partial charge on any atom is 0.321 e. The number of nitrogens with one attached hydrogen (secondary N) is 2. The maximum atomic E-state index is 12.6. The second kappa shape index (κ2) is 12.0. The maximum absolute atomic E-state index is 12.6. The van der Waals surface area contributed by atoms with Gasteiger partial charge in [0.15, 0.2) is 23.8 Å². The van der Waals surface area contributed by atoms with Crippen LogP contribution in [0, 0.1) is 5.92 Å². The van der Waals surface area contributed by atoms with Gasteiger partial charge in [-0.2, -0.15) is 0 Å². The van der Waals surface area contributed by atoms with Gasteiger partial charge in [0.05, 0.1) is 6.33 Å². The summed E-state index contributed by atoms with van der Waals surface area (Å²) in [5.74, 6) is 0.791. The molecule has 2 saturated heterocycles. The van der Waals surface area contributed by atoms with E-state index in [1.165, 1.54) is 10.9 Å². The highest BCUT2D eigenvalue weighted by Gasteiger charge is 2.48. The number of urea groups is 1. The van der Waals surface area contributed by atoms with Crippen molar-refractivity contribution in [3.63, 3.8) is 0 Å². The van der Waals surface area contributed by atoms with Crippen LogP contribution in [0.5, 0.6) is 0 Å². The molecule has 3 aliphatic rings. The zero-order chi connectivity index (χ0) is 29.4. The summed E-state index contributed by atoms with van der Waals surface area (Å²) in [6, 6.07) is 7.04. The minimum Gasteiger partial charge on any atom is -0.387 e. The number of ether oxygens (including phenoxy) is 1. The van der Waals surface area contributed by atoms with Crippen LogP contribution in [0.4, 0.5) is 16.3 Å². The van der Waals surface area contributed by atoms with E-state index < -0.39 is 30.4 Å². The van der Waals surface area contributed by atoms with Crippen LogP contribution in [0.2, 0.25) is 5.02 Å². The lowest BCUT2D eigenvalue weighted by molar-refractivity contribution is -0.137. The number of likely N-dealkylation sites (tertiary alicyclic amines) is 1. The standard InChI is InChI=1S/C28H35ClN8O5/c29-16-4-6-18(7-5-16)33-28(41)36-12-10-15(11-13-36)2-1-3-19-34-24(30)20-25(35-19)37(14-31-20)27-22(39)21(38)23(42-27)26(40)32-17-8-9-17/h4-7,14-15,17,21-23,27,38-39H,1-3,8-13H2,(H,32,40)(H,33,41)(H2,30,34,35)/t21?,22-,23-,27+/m0/s1. The molecule has 1 aliphatic carbocycles. The number of piperidine rings is 1. The fraction of sp³-hybridized carbons (Fsp3) is 0.536.